The third kappa shape index (κ3) is 12.7. The average Bonchev–Trinajstić information content (AvgIpc) is 3.10. The van der Waals surface area contributed by atoms with Crippen molar-refractivity contribution in [3.05, 3.63) is 12.2 Å². The van der Waals surface area contributed by atoms with Crippen LogP contribution in [0.15, 0.2) is 12.2 Å². The third-order valence-corrected chi connectivity index (χ3v) is 5.70. The van der Waals surface area contributed by atoms with Gasteiger partial charge in [-0.25, -0.2) is 0 Å². The molecule has 1 heterocycles. The zero-order valence-corrected chi connectivity index (χ0v) is 18.6. The van der Waals surface area contributed by atoms with Crippen molar-refractivity contribution in [2.75, 3.05) is 19.8 Å². The van der Waals surface area contributed by atoms with Gasteiger partial charge in [-0.2, -0.15) is 0 Å². The first kappa shape index (κ1) is 26.6. The topological polar surface area (TPSA) is 79.2 Å². The van der Waals surface area contributed by atoms with Crippen molar-refractivity contribution in [2.45, 2.75) is 121 Å². The van der Waals surface area contributed by atoms with E-state index in [0.29, 0.717) is 6.61 Å². The Morgan fingerprint density at radius 1 is 0.897 bits per heavy atom. The quantitative estimate of drug-likeness (QED) is 0.214. The Morgan fingerprint density at radius 2 is 1.45 bits per heavy atom. The molecule has 0 bridgehead atoms. The molecule has 0 spiro atoms. The number of aliphatic hydroxyl groups is 3. The Bertz CT molecular complexity index is 387. The summed E-state index contributed by atoms with van der Waals surface area (Å²) in [5.41, 5.74) is 0. The van der Waals surface area contributed by atoms with Crippen LogP contribution in [0.3, 0.4) is 0 Å². The second-order valence-corrected chi connectivity index (χ2v) is 8.39. The lowest BCUT2D eigenvalue weighted by molar-refractivity contribution is -0.0935. The summed E-state index contributed by atoms with van der Waals surface area (Å²) >= 11 is 0. The van der Waals surface area contributed by atoms with E-state index in [9.17, 15) is 10.2 Å². The van der Waals surface area contributed by atoms with Gasteiger partial charge in [0.05, 0.1) is 13.2 Å². The maximum atomic E-state index is 9.88. The lowest BCUT2D eigenvalue weighted by Gasteiger charge is -2.23. The first-order valence-corrected chi connectivity index (χ1v) is 12.1. The molecule has 1 saturated heterocycles. The van der Waals surface area contributed by atoms with Crippen molar-refractivity contribution < 1.29 is 24.8 Å². The van der Waals surface area contributed by atoms with E-state index >= 15 is 0 Å². The van der Waals surface area contributed by atoms with E-state index in [1.165, 1.54) is 70.6 Å². The number of aliphatic hydroxyl groups excluding tert-OH is 3. The highest BCUT2D eigenvalue weighted by molar-refractivity contribution is 4.89. The monoisotopic (exact) mass is 414 g/mol. The molecular formula is C24H46O5. The second kappa shape index (κ2) is 18.3. The van der Waals surface area contributed by atoms with Crippen LogP contribution >= 0.6 is 0 Å². The number of hydrogen-bond donors (Lipinski definition) is 3. The van der Waals surface area contributed by atoms with Crippen LogP contribution in [0.5, 0.6) is 0 Å². The minimum absolute atomic E-state index is 0.144. The molecule has 0 radical (unpaired) electrons. The van der Waals surface area contributed by atoms with Crippen molar-refractivity contribution >= 4 is 0 Å². The highest BCUT2D eigenvalue weighted by Crippen LogP contribution is 2.21. The van der Waals surface area contributed by atoms with E-state index in [1.54, 1.807) is 0 Å². The Kier molecular flexibility index (Phi) is 16.8. The third-order valence-electron chi connectivity index (χ3n) is 5.70. The summed E-state index contributed by atoms with van der Waals surface area (Å²) in [4.78, 5) is 0. The Labute approximate surface area is 178 Å². The molecular weight excluding hydrogens is 368 g/mol. The molecule has 172 valence electrons. The molecule has 0 saturated carbocycles. The number of unbranched alkanes of at least 4 members (excludes halogenated alkanes) is 12. The van der Waals surface area contributed by atoms with E-state index in [4.69, 9.17) is 14.6 Å². The van der Waals surface area contributed by atoms with Crippen LogP contribution in [0.4, 0.5) is 0 Å². The number of rotatable bonds is 19. The largest absolute Gasteiger partial charge is 0.394 e. The van der Waals surface area contributed by atoms with Crippen molar-refractivity contribution in [2.24, 2.45) is 0 Å². The standard InChI is InChI=1S/C24H46O5/c1-2-3-4-5-6-7-8-9-10-11-12-13-14-15-16-17-18-28-24-22(27)20-29-23(24)21(26)19-25/h14-15,21-27H,2-13,16-20H2,1H3/b15-14+/t21-,22+,23+,24+/m0/s1. The van der Waals surface area contributed by atoms with E-state index in [2.05, 4.69) is 19.1 Å². The fourth-order valence-corrected chi connectivity index (χ4v) is 3.84. The van der Waals surface area contributed by atoms with Gasteiger partial charge in [0.25, 0.3) is 0 Å². The second-order valence-electron chi connectivity index (χ2n) is 8.39. The molecule has 5 heteroatoms. The van der Waals surface area contributed by atoms with E-state index in [1.807, 2.05) is 0 Å². The fourth-order valence-electron chi connectivity index (χ4n) is 3.84. The summed E-state index contributed by atoms with van der Waals surface area (Å²) in [5, 5.41) is 28.6. The van der Waals surface area contributed by atoms with Gasteiger partial charge < -0.3 is 24.8 Å². The minimum atomic E-state index is -1.01. The maximum absolute atomic E-state index is 9.88. The lowest BCUT2D eigenvalue weighted by Crippen LogP contribution is -2.42. The van der Waals surface area contributed by atoms with Crippen LogP contribution in [-0.4, -0.2) is 59.6 Å². The van der Waals surface area contributed by atoms with E-state index in [0.717, 1.165) is 19.3 Å². The molecule has 3 N–H and O–H groups in total. The van der Waals surface area contributed by atoms with Crippen molar-refractivity contribution in [1.29, 1.82) is 0 Å². The zero-order valence-electron chi connectivity index (χ0n) is 18.6. The van der Waals surface area contributed by atoms with Crippen LogP contribution in [0.1, 0.15) is 96.8 Å². The number of ether oxygens (including phenoxy) is 2. The van der Waals surface area contributed by atoms with Crippen molar-refractivity contribution in [3.8, 4) is 0 Å². The molecule has 0 unspecified atom stereocenters. The highest BCUT2D eigenvalue weighted by atomic mass is 16.6. The number of allylic oxidation sites excluding steroid dienone is 2. The molecule has 29 heavy (non-hydrogen) atoms. The average molecular weight is 415 g/mol. The van der Waals surface area contributed by atoms with Gasteiger partial charge in [-0.1, -0.05) is 83.3 Å². The molecule has 0 amide bonds. The van der Waals surface area contributed by atoms with Crippen LogP contribution in [0.2, 0.25) is 0 Å². The van der Waals surface area contributed by atoms with Gasteiger partial charge in [-0.15, -0.1) is 0 Å². The molecule has 1 aliphatic heterocycles. The molecule has 1 fully saturated rings. The predicted molar refractivity (Wildman–Crippen MR) is 118 cm³/mol. The molecule has 1 aliphatic rings. The predicted octanol–water partition coefficient (Wildman–Crippen LogP) is 4.52. The van der Waals surface area contributed by atoms with Crippen molar-refractivity contribution in [1.82, 2.24) is 0 Å². The molecule has 0 aliphatic carbocycles. The molecule has 0 aromatic rings. The minimum Gasteiger partial charge on any atom is -0.394 e. The lowest BCUT2D eigenvalue weighted by atomic mass is 10.1. The maximum Gasteiger partial charge on any atom is 0.114 e. The van der Waals surface area contributed by atoms with Gasteiger partial charge >= 0.3 is 0 Å². The van der Waals surface area contributed by atoms with E-state index < -0.39 is 24.4 Å². The van der Waals surface area contributed by atoms with Gasteiger partial charge in [-0.3, -0.25) is 0 Å². The first-order chi connectivity index (χ1) is 14.2. The molecule has 4 atom stereocenters. The van der Waals surface area contributed by atoms with Crippen LogP contribution in [0, 0.1) is 0 Å². The molecule has 0 aromatic carbocycles. The SMILES string of the molecule is CCCCCCCCCCCCC/C=C/CCCO[C@H]1[C@@H]([C@@H](O)CO)OC[C@H]1O. The van der Waals surface area contributed by atoms with Gasteiger partial charge in [0.1, 0.15) is 24.4 Å². The van der Waals surface area contributed by atoms with Crippen molar-refractivity contribution in [3.63, 3.8) is 0 Å². The van der Waals surface area contributed by atoms with Gasteiger partial charge in [-0.05, 0) is 25.7 Å². The Balaban J connectivity index is 1.88. The highest BCUT2D eigenvalue weighted by Gasteiger charge is 2.40. The summed E-state index contributed by atoms with van der Waals surface area (Å²) < 4.78 is 11.0. The Hall–Kier alpha value is -0.460. The normalized spacial score (nSPS) is 23.2. The smallest absolute Gasteiger partial charge is 0.114 e. The molecule has 5 nitrogen and oxygen atoms in total. The summed E-state index contributed by atoms with van der Waals surface area (Å²) in [5.74, 6) is 0. The Morgan fingerprint density at radius 3 is 2.03 bits per heavy atom. The van der Waals surface area contributed by atoms with Crippen LogP contribution < -0.4 is 0 Å². The van der Waals surface area contributed by atoms with Gasteiger partial charge in [0.2, 0.25) is 0 Å². The number of hydrogen-bond acceptors (Lipinski definition) is 5. The van der Waals surface area contributed by atoms with Crippen LogP contribution in [0.25, 0.3) is 0 Å². The molecule has 1 rings (SSSR count). The fraction of sp³-hybridized carbons (Fsp3) is 0.917. The van der Waals surface area contributed by atoms with E-state index in [-0.39, 0.29) is 13.2 Å². The summed E-state index contributed by atoms with van der Waals surface area (Å²) in [6.45, 7) is 2.54. The molecule has 0 aromatic heterocycles. The summed E-state index contributed by atoms with van der Waals surface area (Å²) in [6.07, 6.45) is 19.7. The first-order valence-electron chi connectivity index (χ1n) is 12.1. The van der Waals surface area contributed by atoms with Gasteiger partial charge in [0.15, 0.2) is 0 Å². The van der Waals surface area contributed by atoms with Crippen LogP contribution in [-0.2, 0) is 9.47 Å². The zero-order chi connectivity index (χ0) is 21.2. The van der Waals surface area contributed by atoms with Gasteiger partial charge in [0, 0.05) is 6.61 Å². The summed E-state index contributed by atoms with van der Waals surface area (Å²) in [7, 11) is 0. The summed E-state index contributed by atoms with van der Waals surface area (Å²) in [6, 6.07) is 0.